The molecule has 6 heteroatoms. The van der Waals surface area contributed by atoms with Gasteiger partial charge < -0.3 is 9.80 Å². The lowest BCUT2D eigenvalue weighted by molar-refractivity contribution is -0.384. The van der Waals surface area contributed by atoms with Crippen molar-refractivity contribution in [2.24, 2.45) is 0 Å². The van der Waals surface area contributed by atoms with Gasteiger partial charge in [0.05, 0.1) is 11.5 Å². The highest BCUT2D eigenvalue weighted by Crippen LogP contribution is 2.26. The molecule has 1 aromatic carbocycles. The average molecular weight is 265 g/mol. The summed E-state index contributed by atoms with van der Waals surface area (Å²) in [5.74, 6) is -0.0364. The Balaban J connectivity index is 2.87. The number of benzene rings is 1. The molecule has 1 amide bonds. The smallest absolute Gasteiger partial charge is 0.292 e. The van der Waals surface area contributed by atoms with Gasteiger partial charge in [-0.2, -0.15) is 0 Å². The van der Waals surface area contributed by atoms with E-state index in [0.717, 1.165) is 0 Å². The second kappa shape index (κ2) is 6.72. The van der Waals surface area contributed by atoms with E-state index in [1.165, 1.54) is 6.07 Å². The molecule has 104 valence electrons. The van der Waals surface area contributed by atoms with Gasteiger partial charge in [0.25, 0.3) is 5.69 Å². The number of anilines is 1. The van der Waals surface area contributed by atoms with Gasteiger partial charge in [0.1, 0.15) is 5.69 Å². The molecule has 0 saturated carbocycles. The summed E-state index contributed by atoms with van der Waals surface area (Å²) in [6.45, 7) is 5.23. The first kappa shape index (κ1) is 14.9. The third-order valence-corrected chi connectivity index (χ3v) is 2.98. The molecule has 0 saturated heterocycles. The van der Waals surface area contributed by atoms with E-state index >= 15 is 0 Å². The predicted molar refractivity (Wildman–Crippen MR) is 74.3 cm³/mol. The summed E-state index contributed by atoms with van der Waals surface area (Å²) in [4.78, 5) is 25.8. The zero-order valence-electron chi connectivity index (χ0n) is 11.5. The highest BCUT2D eigenvalue weighted by atomic mass is 16.6. The largest absolute Gasteiger partial charge is 0.360 e. The van der Waals surface area contributed by atoms with Crippen LogP contribution in [0, 0.1) is 10.1 Å². The lowest BCUT2D eigenvalue weighted by Gasteiger charge is -2.24. The van der Waals surface area contributed by atoms with Gasteiger partial charge in [-0.3, -0.25) is 14.9 Å². The van der Waals surface area contributed by atoms with Crippen LogP contribution in [0.5, 0.6) is 0 Å². The zero-order chi connectivity index (χ0) is 14.4. The molecular formula is C13H19N3O3. The molecule has 0 aliphatic carbocycles. The van der Waals surface area contributed by atoms with Gasteiger partial charge in [0.2, 0.25) is 5.91 Å². The summed E-state index contributed by atoms with van der Waals surface area (Å²) in [5.41, 5.74) is 0.463. The number of nitro groups is 1. The maximum Gasteiger partial charge on any atom is 0.292 e. The van der Waals surface area contributed by atoms with Gasteiger partial charge in [-0.05, 0) is 19.9 Å². The molecule has 0 fully saturated rings. The second-order valence-corrected chi connectivity index (χ2v) is 4.17. The van der Waals surface area contributed by atoms with Gasteiger partial charge in [-0.15, -0.1) is 0 Å². The molecule has 0 aromatic heterocycles. The van der Waals surface area contributed by atoms with Crippen molar-refractivity contribution in [1.82, 2.24) is 4.90 Å². The van der Waals surface area contributed by atoms with Crippen molar-refractivity contribution in [3.05, 3.63) is 34.4 Å². The van der Waals surface area contributed by atoms with Crippen LogP contribution in [-0.4, -0.2) is 42.4 Å². The van der Waals surface area contributed by atoms with Crippen molar-refractivity contribution in [1.29, 1.82) is 0 Å². The standard InChI is InChI=1S/C13H19N3O3/c1-4-15(5-2)13(17)10-14(3)11-8-6-7-9-12(11)16(18)19/h6-9H,4-5,10H2,1-3H3. The van der Waals surface area contributed by atoms with E-state index in [1.54, 1.807) is 35.0 Å². The molecule has 0 bridgehead atoms. The lowest BCUT2D eigenvalue weighted by atomic mass is 10.2. The molecule has 0 aliphatic rings. The van der Waals surface area contributed by atoms with Crippen LogP contribution in [0.25, 0.3) is 0 Å². The van der Waals surface area contributed by atoms with Crippen LogP contribution in [0.4, 0.5) is 11.4 Å². The van der Waals surface area contributed by atoms with Crippen LogP contribution in [0.2, 0.25) is 0 Å². The van der Waals surface area contributed by atoms with Gasteiger partial charge in [0.15, 0.2) is 0 Å². The molecule has 6 nitrogen and oxygen atoms in total. The monoisotopic (exact) mass is 265 g/mol. The van der Waals surface area contributed by atoms with E-state index in [4.69, 9.17) is 0 Å². The average Bonchev–Trinajstić information content (AvgIpc) is 2.40. The topological polar surface area (TPSA) is 66.7 Å². The number of rotatable bonds is 6. The summed E-state index contributed by atoms with van der Waals surface area (Å²) < 4.78 is 0. The van der Waals surface area contributed by atoms with E-state index in [9.17, 15) is 14.9 Å². The maximum absolute atomic E-state index is 12.0. The van der Waals surface area contributed by atoms with E-state index < -0.39 is 4.92 Å². The van der Waals surface area contributed by atoms with E-state index in [1.807, 2.05) is 13.8 Å². The summed E-state index contributed by atoms with van der Waals surface area (Å²) >= 11 is 0. The molecule has 19 heavy (non-hydrogen) atoms. The molecule has 0 unspecified atom stereocenters. The SMILES string of the molecule is CCN(CC)C(=O)CN(C)c1ccccc1[N+](=O)[O-]. The highest BCUT2D eigenvalue weighted by Gasteiger charge is 2.19. The predicted octanol–water partition coefficient (Wildman–Crippen LogP) is 1.90. The van der Waals surface area contributed by atoms with Crippen molar-refractivity contribution in [2.75, 3.05) is 31.6 Å². The van der Waals surface area contributed by atoms with Crippen molar-refractivity contribution < 1.29 is 9.72 Å². The van der Waals surface area contributed by atoms with Crippen LogP contribution >= 0.6 is 0 Å². The summed E-state index contributed by atoms with van der Waals surface area (Å²) in [7, 11) is 1.68. The lowest BCUT2D eigenvalue weighted by Crippen LogP contribution is -2.38. The fraction of sp³-hybridized carbons (Fsp3) is 0.462. The van der Waals surface area contributed by atoms with Gasteiger partial charge >= 0.3 is 0 Å². The summed E-state index contributed by atoms with van der Waals surface area (Å²) in [5, 5.41) is 10.9. The number of likely N-dealkylation sites (N-methyl/N-ethyl adjacent to an activating group) is 2. The minimum absolute atomic E-state index is 0.0114. The molecular weight excluding hydrogens is 246 g/mol. The Labute approximate surface area is 112 Å². The van der Waals surface area contributed by atoms with Gasteiger partial charge in [0, 0.05) is 26.2 Å². The maximum atomic E-state index is 12.0. The van der Waals surface area contributed by atoms with Gasteiger partial charge in [-0.25, -0.2) is 0 Å². The molecule has 0 aliphatic heterocycles. The first-order chi connectivity index (χ1) is 9.01. The third-order valence-electron chi connectivity index (χ3n) is 2.98. The Morgan fingerprint density at radius 1 is 1.26 bits per heavy atom. The van der Waals surface area contributed by atoms with Crippen LogP contribution < -0.4 is 4.90 Å². The molecule has 0 spiro atoms. The Morgan fingerprint density at radius 2 is 1.84 bits per heavy atom. The molecule has 1 aromatic rings. The number of hydrogen-bond acceptors (Lipinski definition) is 4. The number of para-hydroxylation sites is 2. The van der Waals surface area contributed by atoms with Crippen molar-refractivity contribution in [2.45, 2.75) is 13.8 Å². The zero-order valence-corrected chi connectivity index (χ0v) is 11.5. The van der Waals surface area contributed by atoms with Gasteiger partial charge in [-0.1, -0.05) is 12.1 Å². The van der Waals surface area contributed by atoms with E-state index in [-0.39, 0.29) is 18.1 Å². The Kier molecular flexibility index (Phi) is 5.29. The fourth-order valence-electron chi connectivity index (χ4n) is 1.91. The Hall–Kier alpha value is -2.11. The second-order valence-electron chi connectivity index (χ2n) is 4.17. The number of nitrogens with zero attached hydrogens (tertiary/aromatic N) is 3. The van der Waals surface area contributed by atoms with Crippen LogP contribution in [-0.2, 0) is 4.79 Å². The minimum atomic E-state index is -0.437. The van der Waals surface area contributed by atoms with Crippen LogP contribution in [0.15, 0.2) is 24.3 Å². The summed E-state index contributed by atoms with van der Waals surface area (Å²) in [6, 6.07) is 6.42. The number of amides is 1. The normalized spacial score (nSPS) is 10.1. The van der Waals surface area contributed by atoms with E-state index in [2.05, 4.69) is 0 Å². The van der Waals surface area contributed by atoms with Crippen LogP contribution in [0.3, 0.4) is 0 Å². The molecule has 0 atom stereocenters. The first-order valence-electron chi connectivity index (χ1n) is 6.23. The van der Waals surface area contributed by atoms with Crippen molar-refractivity contribution in [3.8, 4) is 0 Å². The Morgan fingerprint density at radius 3 is 2.37 bits per heavy atom. The number of nitro benzene ring substituents is 1. The number of carbonyl (C=O) groups excluding carboxylic acids is 1. The van der Waals surface area contributed by atoms with Crippen molar-refractivity contribution >= 4 is 17.3 Å². The highest BCUT2D eigenvalue weighted by molar-refractivity contribution is 5.82. The number of carbonyl (C=O) groups is 1. The first-order valence-corrected chi connectivity index (χ1v) is 6.23. The minimum Gasteiger partial charge on any atom is -0.360 e. The number of hydrogen-bond donors (Lipinski definition) is 0. The Bertz CT molecular complexity index is 458. The molecule has 0 heterocycles. The fourth-order valence-corrected chi connectivity index (χ4v) is 1.91. The third kappa shape index (κ3) is 3.67. The van der Waals surface area contributed by atoms with Crippen molar-refractivity contribution in [3.63, 3.8) is 0 Å². The molecule has 0 N–H and O–H groups in total. The van der Waals surface area contributed by atoms with Crippen LogP contribution in [0.1, 0.15) is 13.8 Å². The quantitative estimate of drug-likeness (QED) is 0.582. The molecule has 0 radical (unpaired) electrons. The summed E-state index contributed by atoms with van der Waals surface area (Å²) in [6.07, 6.45) is 0. The van der Waals surface area contributed by atoms with E-state index in [0.29, 0.717) is 18.8 Å². The molecule has 1 rings (SSSR count).